The molecule has 0 radical (unpaired) electrons. The van der Waals surface area contributed by atoms with E-state index in [9.17, 15) is 0 Å². The molecule has 2 nitrogen and oxygen atoms in total. The zero-order valence-corrected chi connectivity index (χ0v) is 30.9. The topological polar surface area (TPSA) is 7.94 Å². The van der Waals surface area contributed by atoms with Crippen molar-refractivity contribution in [1.29, 1.82) is 0 Å². The molecule has 4 heterocycles. The van der Waals surface area contributed by atoms with E-state index in [0.29, 0.717) is 11.8 Å². The number of aromatic nitrogens is 1. The maximum atomic E-state index is 4.27. The van der Waals surface area contributed by atoms with Crippen LogP contribution in [0.25, 0.3) is 29.5 Å². The molecule has 3 aliphatic heterocycles. The molecule has 52 heavy (non-hydrogen) atoms. The predicted octanol–water partition coefficient (Wildman–Crippen LogP) is 12.5. The van der Waals surface area contributed by atoms with Gasteiger partial charge >= 0.3 is 0 Å². The Morgan fingerprint density at radius 2 is 1.75 bits per heavy atom. The number of hydrogen-bond acceptors (Lipinski definition) is 1. The van der Waals surface area contributed by atoms with Gasteiger partial charge in [-0.2, -0.15) is 4.58 Å². The average molecular weight is 692 g/mol. The number of fused-ring (bicyclic) bond motifs is 5. The molecule has 0 saturated heterocycles. The minimum atomic E-state index is 0.219. The number of rotatable bonds is 7. The molecule has 1 aliphatic carbocycles. The lowest BCUT2D eigenvalue weighted by atomic mass is 9.87. The molecule has 0 spiro atoms. The second kappa shape index (κ2) is 13.3. The maximum absolute atomic E-state index is 4.27. The third-order valence-electron chi connectivity index (χ3n) is 11.3. The summed E-state index contributed by atoms with van der Waals surface area (Å²) < 4.78 is 5.07. The zero-order valence-electron chi connectivity index (χ0n) is 30.1. The monoisotopic (exact) mass is 691 g/mol. The Kier molecular flexibility index (Phi) is 8.32. The minimum absolute atomic E-state index is 0.219. The summed E-state index contributed by atoms with van der Waals surface area (Å²) in [4.78, 5) is 2.61. The smallest absolute Gasteiger partial charge is 0.228 e. The fraction of sp³-hybridized carbons (Fsp3) is 0.163. The Bertz CT molecular complexity index is 2440. The highest BCUT2D eigenvalue weighted by atomic mass is 32.2. The Morgan fingerprint density at radius 3 is 2.58 bits per heavy atom. The third kappa shape index (κ3) is 5.13. The van der Waals surface area contributed by atoms with Gasteiger partial charge in [-0.3, -0.25) is 0 Å². The van der Waals surface area contributed by atoms with Crippen molar-refractivity contribution in [2.24, 2.45) is 0 Å². The average Bonchev–Trinajstić information content (AvgIpc) is 3.89. The standard InChI is InChI=1S/C49H43N2S/c1-5-17-43-32(4)41-30-33(18-15-23-36-38-24-16-25-39-37-21-11-13-26-44(37)50(48(38)39)42(36)7-3)28-29-45(41)51(43)49-40-22-12-14-27-46(40)52-47(49)31-34(6-2)35-19-9-8-10-20-35/h5-17,19-24,26-32,39,43H,3,18,25H2,1-2,4H3/q+1/b17-5-,23-15-,34-6+,47-31+,51-49?. The van der Waals surface area contributed by atoms with E-state index in [0.717, 1.165) is 12.8 Å². The van der Waals surface area contributed by atoms with Crippen molar-refractivity contribution in [1.82, 2.24) is 4.57 Å². The fourth-order valence-corrected chi connectivity index (χ4v) is 10.1. The van der Waals surface area contributed by atoms with Crippen LogP contribution in [0.5, 0.6) is 0 Å². The SMILES string of the molecule is C=Cc1c(/C=C\Cc2ccc3c(c2)C(C)C(/C=C\C)[N+]3=C2/C(=C\C(=C/C)c3ccccc3)Sc3ccccc32)c2c3n1-c1ccccc1C3CC=C2. The summed E-state index contributed by atoms with van der Waals surface area (Å²) in [6, 6.07) is 35.9. The first-order valence-electron chi connectivity index (χ1n) is 18.6. The van der Waals surface area contributed by atoms with Crippen molar-refractivity contribution < 1.29 is 4.58 Å². The van der Waals surface area contributed by atoms with Crippen LogP contribution in [0, 0.1) is 0 Å². The van der Waals surface area contributed by atoms with E-state index < -0.39 is 0 Å². The molecule has 254 valence electrons. The van der Waals surface area contributed by atoms with Gasteiger partial charge < -0.3 is 4.57 Å². The molecule has 4 aliphatic rings. The Hall–Kier alpha value is -5.38. The van der Waals surface area contributed by atoms with Gasteiger partial charge in [0.15, 0.2) is 6.04 Å². The van der Waals surface area contributed by atoms with E-state index in [2.05, 4.69) is 182 Å². The van der Waals surface area contributed by atoms with E-state index in [-0.39, 0.29) is 6.04 Å². The van der Waals surface area contributed by atoms with Gasteiger partial charge in [0.05, 0.1) is 22.1 Å². The molecule has 0 saturated carbocycles. The van der Waals surface area contributed by atoms with Crippen LogP contribution in [0.15, 0.2) is 150 Å². The van der Waals surface area contributed by atoms with Gasteiger partial charge in [-0.25, -0.2) is 0 Å². The minimum Gasteiger partial charge on any atom is -0.312 e. The van der Waals surface area contributed by atoms with Crippen LogP contribution in [-0.4, -0.2) is 20.9 Å². The van der Waals surface area contributed by atoms with Crippen molar-refractivity contribution in [3.63, 3.8) is 0 Å². The molecule has 3 unspecified atom stereocenters. The van der Waals surface area contributed by atoms with Crippen LogP contribution in [-0.2, 0) is 6.42 Å². The number of benzene rings is 4. The number of allylic oxidation sites excluding steroid dienone is 7. The van der Waals surface area contributed by atoms with Crippen LogP contribution < -0.4 is 0 Å². The normalized spacial score (nSPS) is 22.0. The molecule has 1 aromatic heterocycles. The first kappa shape index (κ1) is 32.5. The summed E-state index contributed by atoms with van der Waals surface area (Å²) in [6.07, 6.45) is 22.6. The van der Waals surface area contributed by atoms with Crippen LogP contribution in [0.1, 0.15) is 89.4 Å². The lowest BCUT2D eigenvalue weighted by Crippen LogP contribution is -2.25. The van der Waals surface area contributed by atoms with Crippen molar-refractivity contribution in [3.8, 4) is 5.69 Å². The second-order valence-corrected chi connectivity index (χ2v) is 15.2. The molecule has 9 rings (SSSR count). The summed E-state index contributed by atoms with van der Waals surface area (Å²) in [6.45, 7) is 11.0. The molecule has 3 heteroatoms. The Labute approximate surface area is 312 Å². The van der Waals surface area contributed by atoms with Gasteiger partial charge in [0.25, 0.3) is 0 Å². The van der Waals surface area contributed by atoms with E-state index in [1.54, 1.807) is 0 Å². The van der Waals surface area contributed by atoms with Crippen LogP contribution in [0.4, 0.5) is 5.69 Å². The number of nitrogens with zero attached hydrogens (tertiary/aromatic N) is 2. The lowest BCUT2D eigenvalue weighted by molar-refractivity contribution is -0.461. The van der Waals surface area contributed by atoms with Gasteiger partial charge in [0.1, 0.15) is 0 Å². The lowest BCUT2D eigenvalue weighted by Gasteiger charge is -2.15. The molecular weight excluding hydrogens is 649 g/mol. The molecular formula is C49H43N2S+. The summed E-state index contributed by atoms with van der Waals surface area (Å²) >= 11 is 1.89. The van der Waals surface area contributed by atoms with Crippen LogP contribution in [0.3, 0.4) is 0 Å². The highest BCUT2D eigenvalue weighted by Gasteiger charge is 2.45. The number of thioether (sulfide) groups is 1. The van der Waals surface area contributed by atoms with E-state index in [4.69, 9.17) is 0 Å². The van der Waals surface area contributed by atoms with Gasteiger partial charge in [0, 0.05) is 45.0 Å². The first-order valence-corrected chi connectivity index (χ1v) is 19.4. The van der Waals surface area contributed by atoms with E-state index >= 15 is 0 Å². The van der Waals surface area contributed by atoms with Gasteiger partial charge in [0.2, 0.25) is 11.4 Å². The zero-order chi connectivity index (χ0) is 35.3. The van der Waals surface area contributed by atoms with E-state index in [1.807, 2.05) is 17.8 Å². The molecule has 0 amide bonds. The summed E-state index contributed by atoms with van der Waals surface area (Å²) in [5.41, 5.74) is 17.1. The third-order valence-corrected chi connectivity index (χ3v) is 12.4. The van der Waals surface area contributed by atoms with Crippen LogP contribution >= 0.6 is 11.8 Å². The number of para-hydroxylation sites is 1. The van der Waals surface area contributed by atoms with Gasteiger partial charge in [-0.1, -0.05) is 128 Å². The maximum Gasteiger partial charge on any atom is 0.228 e. The molecule has 3 atom stereocenters. The highest BCUT2D eigenvalue weighted by molar-refractivity contribution is 8.04. The van der Waals surface area contributed by atoms with Gasteiger partial charge in [-0.05, 0) is 91.4 Å². The predicted molar refractivity (Wildman–Crippen MR) is 222 cm³/mol. The number of hydrogen-bond donors (Lipinski definition) is 0. The van der Waals surface area contributed by atoms with Crippen molar-refractivity contribution in [2.45, 2.75) is 56.4 Å². The van der Waals surface area contributed by atoms with Crippen molar-refractivity contribution in [3.05, 3.63) is 195 Å². The van der Waals surface area contributed by atoms with Crippen molar-refractivity contribution in [2.75, 3.05) is 0 Å². The highest BCUT2D eigenvalue weighted by Crippen LogP contribution is 2.50. The quantitative estimate of drug-likeness (QED) is 0.122. The summed E-state index contributed by atoms with van der Waals surface area (Å²) in [5, 5.41) is 0. The van der Waals surface area contributed by atoms with Crippen LogP contribution in [0.2, 0.25) is 0 Å². The van der Waals surface area contributed by atoms with Gasteiger partial charge in [-0.15, -0.1) is 0 Å². The van der Waals surface area contributed by atoms with Crippen molar-refractivity contribution >= 4 is 47.0 Å². The molecule has 4 aromatic carbocycles. The second-order valence-electron chi connectivity index (χ2n) is 14.1. The summed E-state index contributed by atoms with van der Waals surface area (Å²) in [5.74, 6) is 0.759. The Balaban J connectivity index is 1.10. The molecule has 0 bridgehead atoms. The Morgan fingerprint density at radius 1 is 0.942 bits per heavy atom. The summed E-state index contributed by atoms with van der Waals surface area (Å²) in [7, 11) is 0. The molecule has 0 N–H and O–H groups in total. The van der Waals surface area contributed by atoms with E-state index in [1.165, 1.54) is 82.8 Å². The molecule has 0 fully saturated rings. The molecule has 5 aromatic rings. The largest absolute Gasteiger partial charge is 0.312 e. The fourth-order valence-electron chi connectivity index (χ4n) is 8.91. The first-order chi connectivity index (χ1) is 25.6.